The molecule has 0 saturated heterocycles. The molecule has 5 amide bonds. The molecule has 2 fully saturated rings. The minimum Gasteiger partial charge on any atom is -0.346 e. The molecule has 2 unspecified atom stereocenters. The number of urea groups is 1. The van der Waals surface area contributed by atoms with Crippen LogP contribution in [0.3, 0.4) is 0 Å². The van der Waals surface area contributed by atoms with Gasteiger partial charge in [-0.3, -0.25) is 19.2 Å². The number of rotatable bonds is 14. The monoisotopic (exact) mass is 710 g/mol. The van der Waals surface area contributed by atoms with Gasteiger partial charge in [0.05, 0.1) is 23.9 Å². The van der Waals surface area contributed by atoms with Gasteiger partial charge in [0.25, 0.3) is 11.8 Å². The number of nitrogens with zero attached hydrogens (tertiary/aromatic N) is 2. The van der Waals surface area contributed by atoms with Crippen molar-refractivity contribution in [1.82, 2.24) is 31.2 Å². The normalized spacial score (nSPS) is 20.0. The van der Waals surface area contributed by atoms with Crippen LogP contribution in [0.2, 0.25) is 0 Å². The summed E-state index contributed by atoms with van der Waals surface area (Å²) in [6.07, 6.45) is -1.41. The van der Waals surface area contributed by atoms with Crippen LogP contribution in [0.1, 0.15) is 58.8 Å². The predicted octanol–water partition coefficient (Wildman–Crippen LogP) is 2.31. The van der Waals surface area contributed by atoms with Crippen LogP contribution in [0.5, 0.6) is 0 Å². The lowest BCUT2D eigenvalue weighted by atomic mass is 9.83. The van der Waals surface area contributed by atoms with E-state index in [2.05, 4.69) is 32.8 Å². The van der Waals surface area contributed by atoms with E-state index >= 15 is 0 Å². The fourth-order valence-corrected chi connectivity index (χ4v) is 8.32. The SMILES string of the molecule is C=CCNC(=O)C(=O)C(CCC(F)(F)F)NC(=O)C1=C2C(CN1C(=O)CNC(=O)NC1(CS(=O)(=O)c3ccccn3)CCCCC1)C2(C)C. The number of hydrogen-bond acceptors (Lipinski definition) is 8. The van der Waals surface area contributed by atoms with Gasteiger partial charge in [-0.2, -0.15) is 13.2 Å². The molecule has 2 atom stereocenters. The van der Waals surface area contributed by atoms with Crippen LogP contribution in [0.25, 0.3) is 0 Å². The Hall–Kier alpha value is -4.28. The van der Waals surface area contributed by atoms with E-state index in [0.717, 1.165) is 11.3 Å². The van der Waals surface area contributed by atoms with E-state index in [-0.39, 0.29) is 29.7 Å². The lowest BCUT2D eigenvalue weighted by molar-refractivity contribution is -0.145. The molecule has 1 aromatic heterocycles. The number of carbonyl (C=O) groups is 5. The van der Waals surface area contributed by atoms with Gasteiger partial charge in [0.15, 0.2) is 14.9 Å². The molecular formula is C32H41F3N6O7S. The average Bonchev–Trinajstić information content (AvgIpc) is 3.34. The van der Waals surface area contributed by atoms with Gasteiger partial charge >= 0.3 is 12.2 Å². The molecule has 49 heavy (non-hydrogen) atoms. The van der Waals surface area contributed by atoms with Crippen LogP contribution in [-0.4, -0.2) is 91.0 Å². The predicted molar refractivity (Wildman–Crippen MR) is 170 cm³/mol. The zero-order chi connectivity index (χ0) is 36.2. The second kappa shape index (κ2) is 14.7. The number of fused-ring (bicyclic) bond motifs is 1. The molecule has 1 aliphatic heterocycles. The standard InChI is InChI=1S/C32H41F3N6O7S/c1-4-15-37-28(45)26(43)21(11-14-32(33,34)35)39-27(44)25-24-20(30(24,2)3)18-41(25)23(42)17-38-29(46)40-31(12-7-5-8-13-31)19-49(47,48)22-10-6-9-16-36-22/h4,6,9-10,16,20-21H,1,5,7-8,11-15,17-19H2,2-3H3,(H,37,45)(H,39,44)(H2,38,40,46). The second-order valence-electron chi connectivity index (χ2n) is 13.2. The maximum absolute atomic E-state index is 13.5. The average molecular weight is 711 g/mol. The Morgan fingerprint density at radius 3 is 2.41 bits per heavy atom. The molecule has 2 heterocycles. The number of carbonyl (C=O) groups excluding carboxylic acids is 5. The molecule has 17 heteroatoms. The molecule has 4 N–H and O–H groups in total. The number of halogens is 3. The molecule has 3 aliphatic rings. The van der Waals surface area contributed by atoms with E-state index < -0.39 is 87.7 Å². The Labute approximate surface area is 282 Å². The van der Waals surface area contributed by atoms with Gasteiger partial charge in [-0.05, 0) is 42.4 Å². The summed E-state index contributed by atoms with van der Waals surface area (Å²) < 4.78 is 65.5. The summed E-state index contributed by atoms with van der Waals surface area (Å²) in [4.78, 5) is 70.1. The first-order chi connectivity index (χ1) is 22.9. The van der Waals surface area contributed by atoms with Crippen molar-refractivity contribution in [3.05, 3.63) is 48.3 Å². The minimum absolute atomic E-state index is 0.0560. The number of ketones is 1. The number of sulfone groups is 1. The summed E-state index contributed by atoms with van der Waals surface area (Å²) in [5.74, 6) is -4.83. The number of aromatic nitrogens is 1. The van der Waals surface area contributed by atoms with E-state index in [0.29, 0.717) is 31.3 Å². The molecule has 0 bridgehead atoms. The summed E-state index contributed by atoms with van der Waals surface area (Å²) in [6, 6.07) is 1.89. The summed E-state index contributed by atoms with van der Waals surface area (Å²) >= 11 is 0. The number of amides is 5. The first kappa shape index (κ1) is 37.5. The zero-order valence-electron chi connectivity index (χ0n) is 27.3. The highest BCUT2D eigenvalue weighted by Crippen LogP contribution is 2.63. The lowest BCUT2D eigenvalue weighted by Crippen LogP contribution is -2.57. The molecular weight excluding hydrogens is 669 g/mol. The van der Waals surface area contributed by atoms with Crippen molar-refractivity contribution in [3.8, 4) is 0 Å². The smallest absolute Gasteiger partial charge is 0.346 e. The van der Waals surface area contributed by atoms with Gasteiger partial charge in [0, 0.05) is 31.6 Å². The van der Waals surface area contributed by atoms with E-state index in [9.17, 15) is 45.6 Å². The van der Waals surface area contributed by atoms with E-state index in [4.69, 9.17) is 0 Å². The third kappa shape index (κ3) is 9.05. The Balaban J connectivity index is 1.45. The molecule has 2 saturated carbocycles. The topological polar surface area (TPSA) is 184 Å². The largest absolute Gasteiger partial charge is 0.389 e. The third-order valence-corrected chi connectivity index (χ3v) is 11.0. The molecule has 1 aromatic rings. The summed E-state index contributed by atoms with van der Waals surface area (Å²) in [7, 11) is -3.87. The van der Waals surface area contributed by atoms with Crippen LogP contribution in [0, 0.1) is 11.3 Å². The van der Waals surface area contributed by atoms with Gasteiger partial charge in [-0.25, -0.2) is 18.2 Å². The van der Waals surface area contributed by atoms with Gasteiger partial charge in [0.1, 0.15) is 5.70 Å². The quantitative estimate of drug-likeness (QED) is 0.168. The van der Waals surface area contributed by atoms with Crippen LogP contribution in [0.15, 0.2) is 53.3 Å². The van der Waals surface area contributed by atoms with E-state index in [1.807, 2.05) is 13.8 Å². The zero-order valence-corrected chi connectivity index (χ0v) is 28.1. The Kier molecular flexibility index (Phi) is 11.2. The molecule has 268 valence electrons. The van der Waals surface area contributed by atoms with Gasteiger partial charge in [-0.1, -0.05) is 45.3 Å². The Morgan fingerprint density at radius 1 is 1.10 bits per heavy atom. The van der Waals surface area contributed by atoms with Crippen molar-refractivity contribution >= 4 is 39.4 Å². The maximum Gasteiger partial charge on any atom is 0.389 e. The van der Waals surface area contributed by atoms with Gasteiger partial charge in [0.2, 0.25) is 11.7 Å². The molecule has 4 rings (SSSR count). The number of hydrogen-bond donors (Lipinski definition) is 4. The molecule has 0 radical (unpaired) electrons. The van der Waals surface area contributed by atoms with Gasteiger partial charge < -0.3 is 26.2 Å². The van der Waals surface area contributed by atoms with Crippen LogP contribution >= 0.6 is 0 Å². The maximum atomic E-state index is 13.5. The Morgan fingerprint density at radius 2 is 1.80 bits per heavy atom. The summed E-state index contributed by atoms with van der Waals surface area (Å²) in [5.41, 5.74) is -1.21. The van der Waals surface area contributed by atoms with Crippen LogP contribution in [0.4, 0.5) is 18.0 Å². The minimum atomic E-state index is -4.67. The third-order valence-electron chi connectivity index (χ3n) is 9.22. The highest BCUT2D eigenvalue weighted by Gasteiger charge is 2.61. The van der Waals surface area contributed by atoms with Crippen molar-refractivity contribution in [2.24, 2.45) is 11.3 Å². The number of nitrogens with one attached hydrogen (secondary N) is 4. The van der Waals surface area contributed by atoms with Gasteiger partial charge in [-0.15, -0.1) is 6.58 Å². The first-order valence-corrected chi connectivity index (χ1v) is 17.6. The lowest BCUT2D eigenvalue weighted by Gasteiger charge is -2.37. The van der Waals surface area contributed by atoms with Crippen LogP contribution < -0.4 is 21.3 Å². The second-order valence-corrected chi connectivity index (χ2v) is 15.1. The van der Waals surface area contributed by atoms with Crippen molar-refractivity contribution in [1.29, 1.82) is 0 Å². The van der Waals surface area contributed by atoms with E-state index in [1.54, 1.807) is 12.1 Å². The Bertz CT molecular complexity index is 1620. The van der Waals surface area contributed by atoms with Crippen molar-refractivity contribution in [2.75, 3.05) is 25.4 Å². The summed E-state index contributed by atoms with van der Waals surface area (Å²) in [5, 5.41) is 9.53. The first-order valence-electron chi connectivity index (χ1n) is 16.0. The number of pyridine rings is 1. The summed E-state index contributed by atoms with van der Waals surface area (Å²) in [6.45, 7) is 6.39. The highest BCUT2D eigenvalue weighted by molar-refractivity contribution is 7.91. The molecule has 0 spiro atoms. The fourth-order valence-electron chi connectivity index (χ4n) is 6.57. The van der Waals surface area contributed by atoms with Crippen molar-refractivity contribution in [2.45, 2.75) is 81.6 Å². The number of alkyl halides is 3. The van der Waals surface area contributed by atoms with Crippen molar-refractivity contribution < 1.29 is 45.6 Å². The molecule has 2 aliphatic carbocycles. The fraction of sp³-hybridized carbons (Fsp3) is 0.562. The molecule has 0 aromatic carbocycles. The van der Waals surface area contributed by atoms with Crippen molar-refractivity contribution in [3.63, 3.8) is 0 Å². The highest BCUT2D eigenvalue weighted by atomic mass is 32.2. The van der Waals surface area contributed by atoms with E-state index in [1.165, 1.54) is 18.3 Å². The molecule has 13 nitrogen and oxygen atoms in total. The number of Topliss-reactive ketones (excluding diaryl/α,β-unsaturated/α-hetero) is 1. The van der Waals surface area contributed by atoms with Crippen LogP contribution in [-0.2, 0) is 29.0 Å².